The Morgan fingerprint density at radius 3 is 2.77 bits per heavy atom. The Balaban J connectivity index is 3.15. The zero-order valence-electron chi connectivity index (χ0n) is 7.43. The standard InChI is InChI=1S/C9H10ClNO2/c1-6-3-4-8(11-10)7(5-6)9(12)13-2/h3-5,11H,1-2H3. The predicted molar refractivity (Wildman–Crippen MR) is 52.0 cm³/mol. The summed E-state index contributed by atoms with van der Waals surface area (Å²) in [5, 5.41) is 0. The van der Waals surface area contributed by atoms with Crippen LogP contribution in [0.2, 0.25) is 0 Å². The molecule has 0 aliphatic heterocycles. The lowest BCUT2D eigenvalue weighted by Gasteiger charge is -2.06. The van der Waals surface area contributed by atoms with Gasteiger partial charge in [0, 0.05) is 11.8 Å². The summed E-state index contributed by atoms with van der Waals surface area (Å²) < 4.78 is 4.60. The summed E-state index contributed by atoms with van der Waals surface area (Å²) in [6.07, 6.45) is 0. The number of hydrogen-bond donors (Lipinski definition) is 1. The van der Waals surface area contributed by atoms with E-state index in [1.54, 1.807) is 12.1 Å². The Bertz CT molecular complexity index is 325. The van der Waals surface area contributed by atoms with Gasteiger partial charge in [0.2, 0.25) is 0 Å². The Kier molecular flexibility index (Phi) is 3.14. The van der Waals surface area contributed by atoms with Crippen molar-refractivity contribution in [2.75, 3.05) is 11.9 Å². The summed E-state index contributed by atoms with van der Waals surface area (Å²) in [7, 11) is 1.34. The van der Waals surface area contributed by atoms with Crippen LogP contribution in [0.15, 0.2) is 18.2 Å². The van der Waals surface area contributed by atoms with E-state index in [2.05, 4.69) is 9.57 Å². The second kappa shape index (κ2) is 4.14. The van der Waals surface area contributed by atoms with Crippen LogP contribution in [0.1, 0.15) is 15.9 Å². The second-order valence-corrected chi connectivity index (χ2v) is 2.82. The molecule has 0 atom stereocenters. The summed E-state index contributed by atoms with van der Waals surface area (Å²) in [6.45, 7) is 1.89. The van der Waals surface area contributed by atoms with Crippen LogP contribution in [0.5, 0.6) is 0 Å². The minimum absolute atomic E-state index is 0.396. The van der Waals surface area contributed by atoms with Crippen molar-refractivity contribution in [3.63, 3.8) is 0 Å². The predicted octanol–water partition coefficient (Wildman–Crippen LogP) is 2.35. The molecule has 1 aromatic rings. The maximum absolute atomic E-state index is 11.2. The number of carbonyl (C=O) groups is 1. The minimum atomic E-state index is -0.396. The molecule has 0 radical (unpaired) electrons. The molecule has 70 valence electrons. The normalized spacial score (nSPS) is 9.46. The number of nitrogens with one attached hydrogen (secondary N) is 1. The molecule has 13 heavy (non-hydrogen) atoms. The first-order valence-electron chi connectivity index (χ1n) is 3.74. The van der Waals surface area contributed by atoms with Gasteiger partial charge < -0.3 is 4.74 Å². The highest BCUT2D eigenvalue weighted by Gasteiger charge is 2.10. The van der Waals surface area contributed by atoms with E-state index in [9.17, 15) is 4.79 Å². The fourth-order valence-electron chi connectivity index (χ4n) is 1.02. The first-order chi connectivity index (χ1) is 6.19. The molecule has 1 aromatic carbocycles. The number of anilines is 1. The van der Waals surface area contributed by atoms with Gasteiger partial charge in [0.1, 0.15) is 0 Å². The number of carbonyl (C=O) groups excluding carboxylic acids is 1. The quantitative estimate of drug-likeness (QED) is 0.587. The molecule has 0 saturated carbocycles. The Labute approximate surface area is 81.8 Å². The van der Waals surface area contributed by atoms with Crippen molar-refractivity contribution in [2.24, 2.45) is 0 Å². The Hall–Kier alpha value is -1.22. The van der Waals surface area contributed by atoms with Crippen molar-refractivity contribution in [3.05, 3.63) is 29.3 Å². The number of methoxy groups -OCH3 is 1. The zero-order chi connectivity index (χ0) is 9.84. The first-order valence-corrected chi connectivity index (χ1v) is 4.12. The summed E-state index contributed by atoms with van der Waals surface area (Å²) in [6, 6.07) is 5.31. The van der Waals surface area contributed by atoms with E-state index in [0.717, 1.165) is 5.56 Å². The van der Waals surface area contributed by atoms with Gasteiger partial charge in [0.15, 0.2) is 0 Å². The lowest BCUT2D eigenvalue weighted by molar-refractivity contribution is 0.0602. The van der Waals surface area contributed by atoms with E-state index in [-0.39, 0.29) is 0 Å². The van der Waals surface area contributed by atoms with E-state index >= 15 is 0 Å². The van der Waals surface area contributed by atoms with Crippen LogP contribution in [-0.4, -0.2) is 13.1 Å². The average molecular weight is 200 g/mol. The van der Waals surface area contributed by atoms with Crippen LogP contribution in [0, 0.1) is 6.92 Å². The molecule has 0 heterocycles. The van der Waals surface area contributed by atoms with E-state index in [1.807, 2.05) is 13.0 Å². The molecule has 0 aliphatic rings. The van der Waals surface area contributed by atoms with Gasteiger partial charge in [0.25, 0.3) is 0 Å². The number of esters is 1. The third-order valence-electron chi connectivity index (χ3n) is 1.68. The molecular weight excluding hydrogens is 190 g/mol. The van der Waals surface area contributed by atoms with E-state index in [0.29, 0.717) is 11.3 Å². The van der Waals surface area contributed by atoms with Crippen LogP contribution >= 0.6 is 11.8 Å². The molecule has 0 unspecified atom stereocenters. The highest BCUT2D eigenvalue weighted by atomic mass is 35.5. The molecule has 0 bridgehead atoms. The van der Waals surface area contributed by atoms with Gasteiger partial charge in [-0.25, -0.2) is 4.79 Å². The molecule has 0 fully saturated rings. The maximum Gasteiger partial charge on any atom is 0.340 e. The number of benzene rings is 1. The third kappa shape index (κ3) is 2.12. The largest absolute Gasteiger partial charge is 0.465 e. The van der Waals surface area contributed by atoms with Gasteiger partial charge in [-0.3, -0.25) is 4.84 Å². The molecule has 3 nitrogen and oxygen atoms in total. The fraction of sp³-hybridized carbons (Fsp3) is 0.222. The highest BCUT2D eigenvalue weighted by Crippen LogP contribution is 2.18. The molecular formula is C9H10ClNO2. The molecule has 0 aromatic heterocycles. The first kappa shape index (κ1) is 9.86. The van der Waals surface area contributed by atoms with Crippen LogP contribution in [0.3, 0.4) is 0 Å². The van der Waals surface area contributed by atoms with Crippen molar-refractivity contribution in [3.8, 4) is 0 Å². The number of ether oxygens (including phenoxy) is 1. The van der Waals surface area contributed by atoms with Crippen molar-refractivity contribution in [1.29, 1.82) is 0 Å². The van der Waals surface area contributed by atoms with E-state index < -0.39 is 5.97 Å². The number of rotatable bonds is 2. The van der Waals surface area contributed by atoms with E-state index in [4.69, 9.17) is 11.8 Å². The van der Waals surface area contributed by atoms with Gasteiger partial charge in [0.05, 0.1) is 18.4 Å². The van der Waals surface area contributed by atoms with E-state index in [1.165, 1.54) is 7.11 Å². The SMILES string of the molecule is COC(=O)c1cc(C)ccc1NCl. The highest BCUT2D eigenvalue weighted by molar-refractivity contribution is 6.25. The fourth-order valence-corrected chi connectivity index (χ4v) is 1.18. The Morgan fingerprint density at radius 2 is 2.23 bits per heavy atom. The molecule has 0 aliphatic carbocycles. The van der Waals surface area contributed by atoms with Crippen molar-refractivity contribution in [1.82, 2.24) is 0 Å². The Morgan fingerprint density at radius 1 is 1.54 bits per heavy atom. The zero-order valence-corrected chi connectivity index (χ0v) is 8.18. The summed E-state index contributed by atoms with van der Waals surface area (Å²) in [4.78, 5) is 13.6. The summed E-state index contributed by atoms with van der Waals surface area (Å²) in [5.74, 6) is -0.396. The van der Waals surface area contributed by atoms with Crippen molar-refractivity contribution in [2.45, 2.75) is 6.92 Å². The minimum Gasteiger partial charge on any atom is -0.465 e. The topological polar surface area (TPSA) is 38.3 Å². The lowest BCUT2D eigenvalue weighted by atomic mass is 10.1. The monoisotopic (exact) mass is 199 g/mol. The van der Waals surface area contributed by atoms with Gasteiger partial charge in [-0.2, -0.15) is 0 Å². The lowest BCUT2D eigenvalue weighted by Crippen LogP contribution is -2.04. The summed E-state index contributed by atoms with van der Waals surface area (Å²) in [5.41, 5.74) is 1.98. The summed E-state index contributed by atoms with van der Waals surface area (Å²) >= 11 is 5.43. The number of hydrogen-bond acceptors (Lipinski definition) is 3. The third-order valence-corrected chi connectivity index (χ3v) is 1.89. The molecule has 0 saturated heterocycles. The molecule has 0 amide bonds. The molecule has 0 spiro atoms. The van der Waals surface area contributed by atoms with Gasteiger partial charge in [-0.05, 0) is 19.1 Å². The van der Waals surface area contributed by atoms with Crippen LogP contribution in [0.25, 0.3) is 0 Å². The van der Waals surface area contributed by atoms with Crippen molar-refractivity contribution < 1.29 is 9.53 Å². The van der Waals surface area contributed by atoms with Crippen LogP contribution in [0.4, 0.5) is 5.69 Å². The molecule has 4 heteroatoms. The van der Waals surface area contributed by atoms with Gasteiger partial charge >= 0.3 is 5.97 Å². The van der Waals surface area contributed by atoms with Crippen LogP contribution in [-0.2, 0) is 4.74 Å². The van der Waals surface area contributed by atoms with Gasteiger partial charge in [-0.1, -0.05) is 11.6 Å². The number of halogens is 1. The maximum atomic E-state index is 11.2. The second-order valence-electron chi connectivity index (χ2n) is 2.64. The number of aryl methyl sites for hydroxylation is 1. The van der Waals surface area contributed by atoms with Gasteiger partial charge in [-0.15, -0.1) is 0 Å². The molecule has 1 rings (SSSR count). The smallest absolute Gasteiger partial charge is 0.340 e. The molecule has 1 N–H and O–H groups in total. The average Bonchev–Trinajstić information content (AvgIpc) is 2.16. The van der Waals surface area contributed by atoms with Crippen LogP contribution < -0.4 is 4.84 Å². The van der Waals surface area contributed by atoms with Crippen molar-refractivity contribution >= 4 is 23.4 Å².